The van der Waals surface area contributed by atoms with Crippen molar-refractivity contribution in [2.45, 2.75) is 132 Å². The van der Waals surface area contributed by atoms with E-state index >= 15 is 0 Å². The van der Waals surface area contributed by atoms with Crippen molar-refractivity contribution >= 4 is 5.97 Å². The van der Waals surface area contributed by atoms with Crippen LogP contribution in [0, 0.1) is 56.2 Å². The maximum Gasteiger partial charge on any atom is 0.303 e. The number of hydrogen-bond acceptors (Lipinski definition) is 2. The van der Waals surface area contributed by atoms with Gasteiger partial charge in [-0.1, -0.05) is 48.5 Å². The molecule has 34 heavy (non-hydrogen) atoms. The minimum absolute atomic E-state index is 0.0541. The average molecular weight is 473 g/mol. The number of carboxylic acid groups (broad SMARTS) is 1. The molecule has 5 fully saturated rings. The van der Waals surface area contributed by atoms with E-state index in [-0.39, 0.29) is 23.2 Å². The van der Waals surface area contributed by atoms with Crippen molar-refractivity contribution in [2.24, 2.45) is 56.2 Å². The summed E-state index contributed by atoms with van der Waals surface area (Å²) in [6, 6.07) is 0. The maximum atomic E-state index is 11.8. The van der Waals surface area contributed by atoms with Crippen molar-refractivity contribution in [3.63, 3.8) is 0 Å². The molecule has 5 rings (SSSR count). The first-order chi connectivity index (χ1) is 15.6. The van der Waals surface area contributed by atoms with Gasteiger partial charge in [0.05, 0.1) is 12.5 Å². The number of hydrogen-bond donors (Lipinski definition) is 2. The number of aliphatic hydroxyl groups excluding tert-OH is 1. The van der Waals surface area contributed by atoms with Gasteiger partial charge in [-0.15, -0.1) is 0 Å². The molecule has 2 N–H and O–H groups in total. The molecule has 10 unspecified atom stereocenters. The number of carbonyl (C=O) groups is 1. The van der Waals surface area contributed by atoms with Gasteiger partial charge in [0.2, 0.25) is 0 Å². The first-order valence-electron chi connectivity index (χ1n) is 14.5. The normalized spacial score (nSPS) is 56.4. The third-order valence-electron chi connectivity index (χ3n) is 14.0. The standard InChI is InChI=1S/C31H52O3/c1-26(2)12-13-27(3)14-16-30(6)23-10-11-28(4)20(18-25(33)34)21(32)8-9-22(28)29(23,5)15-17-31(30,7)24(27)19-26/h20-24,32H,8-19H2,1-7H3,(H,33,34). The summed E-state index contributed by atoms with van der Waals surface area (Å²) >= 11 is 0. The summed E-state index contributed by atoms with van der Waals surface area (Å²) in [5, 5.41) is 20.6. The molecule has 0 heterocycles. The maximum absolute atomic E-state index is 11.8. The van der Waals surface area contributed by atoms with Crippen LogP contribution in [0.4, 0.5) is 0 Å². The topological polar surface area (TPSA) is 57.5 Å². The fraction of sp³-hybridized carbons (Fsp3) is 0.968. The van der Waals surface area contributed by atoms with E-state index in [0.29, 0.717) is 33.5 Å². The fourth-order valence-corrected chi connectivity index (χ4v) is 11.8. The highest BCUT2D eigenvalue weighted by atomic mass is 16.4. The lowest BCUT2D eigenvalue weighted by molar-refractivity contribution is -0.264. The van der Waals surface area contributed by atoms with E-state index in [1.54, 1.807) is 0 Å². The van der Waals surface area contributed by atoms with E-state index in [0.717, 1.165) is 25.2 Å². The van der Waals surface area contributed by atoms with Gasteiger partial charge < -0.3 is 10.2 Å². The lowest BCUT2D eigenvalue weighted by atomic mass is 9.30. The Kier molecular flexibility index (Phi) is 5.52. The molecule has 0 bridgehead atoms. The van der Waals surface area contributed by atoms with Crippen LogP contribution in [0.2, 0.25) is 0 Å². The smallest absolute Gasteiger partial charge is 0.303 e. The molecule has 0 amide bonds. The molecule has 0 aromatic carbocycles. The first kappa shape index (κ1) is 25.1. The quantitative estimate of drug-likeness (QED) is 0.433. The molecule has 194 valence electrons. The van der Waals surface area contributed by atoms with Gasteiger partial charge in [0.1, 0.15) is 0 Å². The van der Waals surface area contributed by atoms with Crippen LogP contribution in [-0.4, -0.2) is 22.3 Å². The lowest BCUT2D eigenvalue weighted by Crippen LogP contribution is -2.68. The molecular formula is C31H52O3. The van der Waals surface area contributed by atoms with Crippen molar-refractivity contribution in [1.82, 2.24) is 0 Å². The molecule has 5 aliphatic rings. The zero-order valence-electron chi connectivity index (χ0n) is 23.2. The number of carboxylic acids is 1. The van der Waals surface area contributed by atoms with Gasteiger partial charge >= 0.3 is 5.97 Å². The molecule has 3 heteroatoms. The third kappa shape index (κ3) is 3.20. The zero-order chi connectivity index (χ0) is 24.9. The van der Waals surface area contributed by atoms with Crippen molar-refractivity contribution in [1.29, 1.82) is 0 Å². The fourth-order valence-electron chi connectivity index (χ4n) is 11.8. The minimum atomic E-state index is -0.743. The molecule has 5 saturated carbocycles. The van der Waals surface area contributed by atoms with Gasteiger partial charge in [-0.25, -0.2) is 0 Å². The van der Waals surface area contributed by atoms with E-state index in [1.165, 1.54) is 51.4 Å². The van der Waals surface area contributed by atoms with E-state index in [4.69, 9.17) is 0 Å². The van der Waals surface area contributed by atoms with E-state index in [1.807, 2.05) is 0 Å². The summed E-state index contributed by atoms with van der Waals surface area (Å²) in [5.74, 6) is 1.22. The Labute approximate surface area is 208 Å². The molecule has 3 nitrogen and oxygen atoms in total. The Balaban J connectivity index is 1.52. The Morgan fingerprint density at radius 2 is 1.32 bits per heavy atom. The zero-order valence-corrected chi connectivity index (χ0v) is 23.2. The van der Waals surface area contributed by atoms with Gasteiger partial charge in [0.15, 0.2) is 0 Å². The largest absolute Gasteiger partial charge is 0.481 e. The van der Waals surface area contributed by atoms with Crippen molar-refractivity contribution in [3.8, 4) is 0 Å². The van der Waals surface area contributed by atoms with Gasteiger partial charge in [0.25, 0.3) is 0 Å². The monoisotopic (exact) mass is 472 g/mol. The summed E-state index contributed by atoms with van der Waals surface area (Å²) in [4.78, 5) is 11.8. The molecule has 0 spiro atoms. The average Bonchev–Trinajstić information content (AvgIpc) is 2.73. The van der Waals surface area contributed by atoms with E-state index in [2.05, 4.69) is 48.5 Å². The van der Waals surface area contributed by atoms with Crippen LogP contribution in [0.15, 0.2) is 0 Å². The predicted octanol–water partition coefficient (Wildman–Crippen LogP) is 7.70. The second-order valence-corrected chi connectivity index (χ2v) is 15.9. The lowest BCUT2D eigenvalue weighted by Gasteiger charge is -2.75. The third-order valence-corrected chi connectivity index (χ3v) is 14.0. The molecule has 10 atom stereocenters. The SMILES string of the molecule is CC1(C)CCC2(C)CCC3(C)C4CCC5(C)C(CC(=O)O)C(O)CCC5C4(C)CCC3(C)C2C1. The molecule has 0 aromatic heterocycles. The van der Waals surface area contributed by atoms with Crippen LogP contribution in [-0.2, 0) is 4.79 Å². The summed E-state index contributed by atoms with van der Waals surface area (Å²) < 4.78 is 0. The van der Waals surface area contributed by atoms with E-state index in [9.17, 15) is 15.0 Å². The summed E-state index contributed by atoms with van der Waals surface area (Å²) in [6.07, 6.45) is 13.3. The molecule has 0 aromatic rings. The van der Waals surface area contributed by atoms with Crippen LogP contribution in [0.5, 0.6) is 0 Å². The number of fused-ring (bicyclic) bond motifs is 7. The van der Waals surface area contributed by atoms with Crippen LogP contribution >= 0.6 is 0 Å². The minimum Gasteiger partial charge on any atom is -0.481 e. The Hall–Kier alpha value is -0.570. The van der Waals surface area contributed by atoms with Crippen LogP contribution in [0.25, 0.3) is 0 Å². The first-order valence-corrected chi connectivity index (χ1v) is 14.5. The van der Waals surface area contributed by atoms with Gasteiger partial charge in [-0.2, -0.15) is 0 Å². The Morgan fingerprint density at radius 3 is 2.00 bits per heavy atom. The molecule has 0 aliphatic heterocycles. The van der Waals surface area contributed by atoms with Gasteiger partial charge in [-0.3, -0.25) is 4.79 Å². The molecular weight excluding hydrogens is 420 g/mol. The Bertz CT molecular complexity index is 850. The summed E-state index contributed by atoms with van der Waals surface area (Å²) in [7, 11) is 0. The van der Waals surface area contributed by atoms with Crippen molar-refractivity contribution in [3.05, 3.63) is 0 Å². The summed E-state index contributed by atoms with van der Waals surface area (Å²) in [5.41, 5.74) is 1.92. The highest BCUT2D eigenvalue weighted by Gasteiger charge is 2.71. The predicted molar refractivity (Wildman–Crippen MR) is 137 cm³/mol. The van der Waals surface area contributed by atoms with Crippen molar-refractivity contribution < 1.29 is 15.0 Å². The van der Waals surface area contributed by atoms with Gasteiger partial charge in [-0.05, 0) is 121 Å². The van der Waals surface area contributed by atoms with Crippen LogP contribution < -0.4 is 0 Å². The summed E-state index contributed by atoms with van der Waals surface area (Å²) in [6.45, 7) is 18.0. The van der Waals surface area contributed by atoms with Crippen LogP contribution in [0.1, 0.15) is 126 Å². The molecule has 0 radical (unpaired) electrons. The molecule has 5 aliphatic carbocycles. The second-order valence-electron chi connectivity index (χ2n) is 15.9. The number of aliphatic carboxylic acids is 1. The van der Waals surface area contributed by atoms with Crippen LogP contribution in [0.3, 0.4) is 0 Å². The number of aliphatic hydroxyl groups is 1. The molecule has 0 saturated heterocycles. The second kappa shape index (κ2) is 7.48. The van der Waals surface area contributed by atoms with E-state index < -0.39 is 12.1 Å². The van der Waals surface area contributed by atoms with Gasteiger partial charge in [0, 0.05) is 5.92 Å². The Morgan fingerprint density at radius 1 is 0.706 bits per heavy atom. The highest BCUT2D eigenvalue weighted by Crippen LogP contribution is 2.78. The number of rotatable bonds is 2. The highest BCUT2D eigenvalue weighted by molar-refractivity contribution is 5.67. The van der Waals surface area contributed by atoms with Crippen molar-refractivity contribution in [2.75, 3.05) is 0 Å².